The fourth-order valence-electron chi connectivity index (χ4n) is 3.95. The van der Waals surface area contributed by atoms with Crippen molar-refractivity contribution in [3.8, 4) is 11.5 Å². The molecule has 122 valence electrons. The van der Waals surface area contributed by atoms with E-state index in [0.717, 1.165) is 11.5 Å². The fourth-order valence-corrected chi connectivity index (χ4v) is 3.95. The van der Waals surface area contributed by atoms with Gasteiger partial charge in [0.15, 0.2) is 0 Å². The van der Waals surface area contributed by atoms with E-state index in [0.29, 0.717) is 6.61 Å². The molecule has 1 aliphatic rings. The highest BCUT2D eigenvalue weighted by Gasteiger charge is 2.37. The minimum Gasteiger partial charge on any atom is -0.496 e. The Morgan fingerprint density at radius 1 is 0.913 bits per heavy atom. The van der Waals surface area contributed by atoms with Gasteiger partial charge in [-0.05, 0) is 43.5 Å². The highest BCUT2D eigenvalue weighted by Crippen LogP contribution is 2.48. The van der Waals surface area contributed by atoms with Crippen LogP contribution < -0.4 is 9.47 Å². The van der Waals surface area contributed by atoms with Gasteiger partial charge in [-0.3, -0.25) is 0 Å². The molecule has 0 amide bonds. The molecular weight excluding hydrogens is 284 g/mol. The van der Waals surface area contributed by atoms with E-state index in [9.17, 15) is 0 Å². The van der Waals surface area contributed by atoms with Crippen molar-refractivity contribution >= 4 is 0 Å². The van der Waals surface area contributed by atoms with Crippen molar-refractivity contribution in [1.29, 1.82) is 0 Å². The van der Waals surface area contributed by atoms with Crippen molar-refractivity contribution in [3.63, 3.8) is 0 Å². The minimum atomic E-state index is 0.0651. The normalized spacial score (nSPS) is 16.8. The third-order valence-corrected chi connectivity index (χ3v) is 5.05. The van der Waals surface area contributed by atoms with Crippen LogP contribution in [0, 0.1) is 0 Å². The summed E-state index contributed by atoms with van der Waals surface area (Å²) < 4.78 is 11.3. The van der Waals surface area contributed by atoms with E-state index in [1.807, 2.05) is 6.92 Å². The van der Waals surface area contributed by atoms with Crippen LogP contribution in [0.4, 0.5) is 0 Å². The first-order valence-corrected chi connectivity index (χ1v) is 8.67. The van der Waals surface area contributed by atoms with Gasteiger partial charge >= 0.3 is 0 Å². The Labute approximate surface area is 139 Å². The lowest BCUT2D eigenvalue weighted by atomic mass is 9.65. The second kappa shape index (κ2) is 7.08. The van der Waals surface area contributed by atoms with Crippen LogP contribution in [-0.4, -0.2) is 13.7 Å². The molecule has 3 rings (SSSR count). The summed E-state index contributed by atoms with van der Waals surface area (Å²) in [6.07, 6.45) is 6.23. The van der Waals surface area contributed by atoms with Gasteiger partial charge in [-0.1, -0.05) is 49.6 Å². The lowest BCUT2D eigenvalue weighted by Crippen LogP contribution is -2.31. The second-order valence-electron chi connectivity index (χ2n) is 6.30. The zero-order valence-corrected chi connectivity index (χ0v) is 14.2. The molecular formula is C21H26O2. The number of rotatable bonds is 5. The van der Waals surface area contributed by atoms with Gasteiger partial charge in [0.25, 0.3) is 0 Å². The summed E-state index contributed by atoms with van der Waals surface area (Å²) in [7, 11) is 1.77. The molecule has 0 saturated heterocycles. The van der Waals surface area contributed by atoms with E-state index in [2.05, 4.69) is 48.5 Å². The summed E-state index contributed by atoms with van der Waals surface area (Å²) in [5.74, 6) is 1.95. The molecule has 0 N–H and O–H groups in total. The summed E-state index contributed by atoms with van der Waals surface area (Å²) in [6.45, 7) is 2.72. The van der Waals surface area contributed by atoms with Crippen LogP contribution >= 0.6 is 0 Å². The van der Waals surface area contributed by atoms with E-state index < -0.39 is 0 Å². The molecule has 0 spiro atoms. The highest BCUT2D eigenvalue weighted by molar-refractivity contribution is 5.48. The smallest absolute Gasteiger partial charge is 0.122 e. The van der Waals surface area contributed by atoms with Gasteiger partial charge in [0.2, 0.25) is 0 Å². The quantitative estimate of drug-likeness (QED) is 0.741. The molecule has 1 saturated carbocycles. The maximum atomic E-state index is 5.68. The second-order valence-corrected chi connectivity index (χ2v) is 6.30. The first-order chi connectivity index (χ1) is 11.3. The molecule has 2 aromatic rings. The van der Waals surface area contributed by atoms with Gasteiger partial charge in [0.1, 0.15) is 11.5 Å². The molecule has 0 radical (unpaired) electrons. The molecule has 0 heterocycles. The molecule has 0 aromatic heterocycles. The zero-order valence-electron chi connectivity index (χ0n) is 14.2. The predicted octanol–water partition coefficient (Wildman–Crippen LogP) is 5.34. The molecule has 1 fully saturated rings. The van der Waals surface area contributed by atoms with Gasteiger partial charge in [-0.25, -0.2) is 0 Å². The van der Waals surface area contributed by atoms with E-state index in [1.54, 1.807) is 7.11 Å². The van der Waals surface area contributed by atoms with Crippen LogP contribution in [0.25, 0.3) is 0 Å². The Morgan fingerprint density at radius 2 is 1.61 bits per heavy atom. The van der Waals surface area contributed by atoms with Crippen LogP contribution in [0.5, 0.6) is 11.5 Å². The van der Waals surface area contributed by atoms with Gasteiger partial charge in [-0.15, -0.1) is 0 Å². The predicted molar refractivity (Wildman–Crippen MR) is 94.5 cm³/mol. The van der Waals surface area contributed by atoms with Crippen LogP contribution in [0.2, 0.25) is 0 Å². The fraction of sp³-hybridized carbons (Fsp3) is 0.429. The van der Waals surface area contributed by atoms with Crippen LogP contribution in [0.1, 0.15) is 50.2 Å². The highest BCUT2D eigenvalue weighted by atomic mass is 16.5. The average Bonchev–Trinajstić information content (AvgIpc) is 2.63. The number of para-hydroxylation sites is 1. The van der Waals surface area contributed by atoms with Crippen LogP contribution in [0.3, 0.4) is 0 Å². The minimum absolute atomic E-state index is 0.0651. The van der Waals surface area contributed by atoms with Crippen LogP contribution in [-0.2, 0) is 5.41 Å². The first kappa shape index (κ1) is 15.9. The first-order valence-electron chi connectivity index (χ1n) is 8.67. The lowest BCUT2D eigenvalue weighted by molar-refractivity contribution is 0.324. The number of hydrogen-bond acceptors (Lipinski definition) is 2. The molecule has 0 bridgehead atoms. The van der Waals surface area contributed by atoms with Crippen molar-refractivity contribution in [2.24, 2.45) is 0 Å². The molecule has 2 heteroatoms. The third kappa shape index (κ3) is 3.08. The van der Waals surface area contributed by atoms with Crippen molar-refractivity contribution in [2.45, 2.75) is 44.4 Å². The maximum Gasteiger partial charge on any atom is 0.122 e. The van der Waals surface area contributed by atoms with Gasteiger partial charge in [0.05, 0.1) is 13.7 Å². The van der Waals surface area contributed by atoms with Gasteiger partial charge < -0.3 is 9.47 Å². The average molecular weight is 310 g/mol. The van der Waals surface area contributed by atoms with E-state index >= 15 is 0 Å². The Balaban J connectivity index is 2.06. The largest absolute Gasteiger partial charge is 0.496 e. The number of ether oxygens (including phenoxy) is 2. The Morgan fingerprint density at radius 3 is 2.26 bits per heavy atom. The van der Waals surface area contributed by atoms with Crippen molar-refractivity contribution in [1.82, 2.24) is 0 Å². The molecule has 2 nitrogen and oxygen atoms in total. The van der Waals surface area contributed by atoms with Gasteiger partial charge in [-0.2, -0.15) is 0 Å². The monoisotopic (exact) mass is 310 g/mol. The van der Waals surface area contributed by atoms with E-state index in [1.165, 1.54) is 43.2 Å². The summed E-state index contributed by atoms with van der Waals surface area (Å²) in [6, 6.07) is 17.2. The molecule has 23 heavy (non-hydrogen) atoms. The molecule has 2 aromatic carbocycles. The zero-order chi connectivity index (χ0) is 16.1. The van der Waals surface area contributed by atoms with E-state index in [-0.39, 0.29) is 5.41 Å². The van der Waals surface area contributed by atoms with Gasteiger partial charge in [0, 0.05) is 11.0 Å². The number of benzene rings is 2. The molecule has 1 aliphatic carbocycles. The summed E-state index contributed by atoms with van der Waals surface area (Å²) >= 11 is 0. The number of methoxy groups -OCH3 is 1. The number of hydrogen-bond donors (Lipinski definition) is 0. The Kier molecular flexibility index (Phi) is 4.90. The molecule has 0 unspecified atom stereocenters. The molecule has 0 atom stereocenters. The van der Waals surface area contributed by atoms with Crippen LogP contribution in [0.15, 0.2) is 48.5 Å². The SMILES string of the molecule is CCOc1ccc(C2(c3ccccc3OC)CCCCC2)cc1. The Hall–Kier alpha value is -1.96. The maximum absolute atomic E-state index is 5.68. The summed E-state index contributed by atoms with van der Waals surface area (Å²) in [5, 5.41) is 0. The third-order valence-electron chi connectivity index (χ3n) is 5.05. The summed E-state index contributed by atoms with van der Waals surface area (Å²) in [5.41, 5.74) is 2.77. The standard InChI is InChI=1S/C21H26O2/c1-3-23-18-13-11-17(12-14-18)21(15-7-4-8-16-21)19-9-5-6-10-20(19)22-2/h5-6,9-14H,3-4,7-8,15-16H2,1-2H3. The van der Waals surface area contributed by atoms with Crippen molar-refractivity contribution in [2.75, 3.05) is 13.7 Å². The summed E-state index contributed by atoms with van der Waals surface area (Å²) in [4.78, 5) is 0. The van der Waals surface area contributed by atoms with Crippen molar-refractivity contribution in [3.05, 3.63) is 59.7 Å². The topological polar surface area (TPSA) is 18.5 Å². The molecule has 0 aliphatic heterocycles. The van der Waals surface area contributed by atoms with E-state index in [4.69, 9.17) is 9.47 Å². The Bertz CT molecular complexity index is 625. The lowest BCUT2D eigenvalue weighted by Gasteiger charge is -2.39. The van der Waals surface area contributed by atoms with Crippen molar-refractivity contribution < 1.29 is 9.47 Å².